The number of thiophene rings is 1. The number of ether oxygens (including phenoxy) is 1. The average molecular weight is 485 g/mol. The maximum absolute atomic E-state index is 12.6. The van der Waals surface area contributed by atoms with Crippen LogP contribution in [0.4, 0.5) is 5.69 Å². The number of nitro groups is 1. The standard InChI is InChI=1S/C23H24N4O6S/c1-14(2)22(25-21(28)12-17-5-4-10-34-17)23(29)26-24-13-16-7-9-19(33-16)18-8-6-15(27(30)31)11-20(18)32-3/h4-11,13-14,22H,12H2,1-3H3,(H,25,28)(H,26,29)/b24-13+/t22-/m1/s1. The molecule has 1 atom stereocenters. The Balaban J connectivity index is 1.63. The molecule has 3 rings (SSSR count). The maximum Gasteiger partial charge on any atom is 0.273 e. The third-order valence-electron chi connectivity index (χ3n) is 4.84. The van der Waals surface area contributed by atoms with E-state index in [1.54, 1.807) is 12.1 Å². The van der Waals surface area contributed by atoms with Gasteiger partial charge in [-0.15, -0.1) is 11.3 Å². The summed E-state index contributed by atoms with van der Waals surface area (Å²) < 4.78 is 10.9. The van der Waals surface area contributed by atoms with Gasteiger partial charge < -0.3 is 14.5 Å². The zero-order valence-corrected chi connectivity index (χ0v) is 19.6. The Morgan fingerprint density at radius 1 is 1.26 bits per heavy atom. The van der Waals surface area contributed by atoms with Crippen LogP contribution in [0.3, 0.4) is 0 Å². The molecule has 0 aliphatic rings. The Morgan fingerprint density at radius 3 is 2.71 bits per heavy atom. The molecule has 178 valence electrons. The molecular formula is C23H24N4O6S. The maximum atomic E-state index is 12.6. The molecule has 0 fully saturated rings. The first-order chi connectivity index (χ1) is 16.3. The number of methoxy groups -OCH3 is 1. The number of hydrogen-bond acceptors (Lipinski definition) is 8. The van der Waals surface area contributed by atoms with Crippen LogP contribution in [-0.2, 0) is 16.0 Å². The first kappa shape index (κ1) is 24.6. The molecule has 2 aromatic heterocycles. The lowest BCUT2D eigenvalue weighted by molar-refractivity contribution is -0.384. The smallest absolute Gasteiger partial charge is 0.273 e. The molecule has 0 saturated carbocycles. The molecule has 0 aliphatic heterocycles. The molecule has 1 aromatic carbocycles. The summed E-state index contributed by atoms with van der Waals surface area (Å²) in [4.78, 5) is 36.2. The minimum Gasteiger partial charge on any atom is -0.496 e. The van der Waals surface area contributed by atoms with Crippen LogP contribution in [-0.4, -0.2) is 36.1 Å². The van der Waals surface area contributed by atoms with Crippen LogP contribution in [0, 0.1) is 16.0 Å². The predicted molar refractivity (Wildman–Crippen MR) is 128 cm³/mol. The van der Waals surface area contributed by atoms with Crippen LogP contribution >= 0.6 is 11.3 Å². The van der Waals surface area contributed by atoms with Gasteiger partial charge in [-0.25, -0.2) is 5.43 Å². The highest BCUT2D eigenvalue weighted by Gasteiger charge is 2.24. The molecule has 2 amide bonds. The van der Waals surface area contributed by atoms with Crippen molar-refractivity contribution >= 4 is 35.1 Å². The number of hydrazone groups is 1. The number of amides is 2. The number of furan rings is 1. The van der Waals surface area contributed by atoms with Crippen molar-refractivity contribution in [1.29, 1.82) is 0 Å². The number of hydrogen-bond donors (Lipinski definition) is 2. The molecule has 0 spiro atoms. The Labute approximate surface area is 199 Å². The predicted octanol–water partition coefficient (Wildman–Crippen LogP) is 3.76. The van der Waals surface area contributed by atoms with E-state index in [9.17, 15) is 19.7 Å². The molecule has 11 heteroatoms. The van der Waals surface area contributed by atoms with Crippen LogP contribution < -0.4 is 15.5 Å². The van der Waals surface area contributed by atoms with E-state index in [0.717, 1.165) is 4.88 Å². The van der Waals surface area contributed by atoms with Crippen LogP contribution in [0.25, 0.3) is 11.3 Å². The summed E-state index contributed by atoms with van der Waals surface area (Å²) in [6.45, 7) is 3.66. The Morgan fingerprint density at radius 2 is 2.06 bits per heavy atom. The molecule has 2 heterocycles. The summed E-state index contributed by atoms with van der Waals surface area (Å²) >= 11 is 1.48. The third-order valence-corrected chi connectivity index (χ3v) is 5.71. The summed E-state index contributed by atoms with van der Waals surface area (Å²) in [5, 5.41) is 19.5. The minimum atomic E-state index is -0.749. The van der Waals surface area contributed by atoms with Gasteiger partial charge in [0, 0.05) is 10.9 Å². The van der Waals surface area contributed by atoms with E-state index < -0.39 is 16.9 Å². The number of carbonyl (C=O) groups excluding carboxylic acids is 2. The molecule has 0 saturated heterocycles. The van der Waals surface area contributed by atoms with Gasteiger partial charge in [-0.05, 0) is 35.6 Å². The zero-order valence-electron chi connectivity index (χ0n) is 18.8. The second-order valence-electron chi connectivity index (χ2n) is 7.62. The lowest BCUT2D eigenvalue weighted by atomic mass is 10.0. The molecule has 0 bridgehead atoms. The summed E-state index contributed by atoms with van der Waals surface area (Å²) in [7, 11) is 1.41. The molecule has 0 aliphatic carbocycles. The molecule has 2 N–H and O–H groups in total. The molecular weight excluding hydrogens is 460 g/mol. The van der Waals surface area contributed by atoms with E-state index in [1.165, 1.54) is 42.9 Å². The molecule has 10 nitrogen and oxygen atoms in total. The molecule has 0 unspecified atom stereocenters. The van der Waals surface area contributed by atoms with E-state index in [4.69, 9.17) is 9.15 Å². The molecule has 3 aromatic rings. The fourth-order valence-electron chi connectivity index (χ4n) is 3.12. The number of carbonyl (C=O) groups is 2. The fourth-order valence-corrected chi connectivity index (χ4v) is 3.83. The Hall–Kier alpha value is -3.99. The van der Waals surface area contributed by atoms with Gasteiger partial charge in [0.2, 0.25) is 5.91 Å². The highest BCUT2D eigenvalue weighted by molar-refractivity contribution is 7.10. The number of nitro benzene ring substituents is 1. The quantitative estimate of drug-likeness (QED) is 0.255. The normalized spacial score (nSPS) is 12.0. The second-order valence-corrected chi connectivity index (χ2v) is 8.66. The summed E-state index contributed by atoms with van der Waals surface area (Å²) in [5.74, 6) is 0.215. The monoisotopic (exact) mass is 484 g/mol. The number of benzene rings is 1. The van der Waals surface area contributed by atoms with Crippen molar-refractivity contribution in [3.8, 4) is 17.1 Å². The van der Waals surface area contributed by atoms with Gasteiger partial charge in [0.05, 0.1) is 36.3 Å². The van der Waals surface area contributed by atoms with Crippen molar-refractivity contribution in [3.63, 3.8) is 0 Å². The second kappa shape index (κ2) is 11.2. The fraction of sp³-hybridized carbons (Fsp3) is 0.261. The van der Waals surface area contributed by atoms with Crippen molar-refractivity contribution in [2.24, 2.45) is 11.0 Å². The summed E-state index contributed by atoms with van der Waals surface area (Å²) in [6.07, 6.45) is 1.53. The van der Waals surface area contributed by atoms with Crippen molar-refractivity contribution in [3.05, 3.63) is 68.6 Å². The van der Waals surface area contributed by atoms with E-state index >= 15 is 0 Å². The third kappa shape index (κ3) is 6.29. The Bertz CT molecular complexity index is 1190. The molecule has 0 radical (unpaired) electrons. The highest BCUT2D eigenvalue weighted by Crippen LogP contribution is 2.34. The first-order valence-corrected chi connectivity index (χ1v) is 11.2. The topological polar surface area (TPSA) is 136 Å². The summed E-state index contributed by atoms with van der Waals surface area (Å²) in [5.41, 5.74) is 2.86. The van der Waals surface area contributed by atoms with Crippen molar-refractivity contribution in [2.45, 2.75) is 26.3 Å². The van der Waals surface area contributed by atoms with Crippen LogP contribution in [0.15, 0.2) is 57.4 Å². The van der Waals surface area contributed by atoms with Gasteiger partial charge in [-0.1, -0.05) is 19.9 Å². The van der Waals surface area contributed by atoms with Gasteiger partial charge in [0.1, 0.15) is 23.3 Å². The van der Waals surface area contributed by atoms with Crippen LogP contribution in [0.2, 0.25) is 0 Å². The van der Waals surface area contributed by atoms with Gasteiger partial charge in [0.25, 0.3) is 11.6 Å². The van der Waals surface area contributed by atoms with Gasteiger partial charge in [-0.2, -0.15) is 5.10 Å². The van der Waals surface area contributed by atoms with Crippen molar-refractivity contribution in [1.82, 2.24) is 10.7 Å². The van der Waals surface area contributed by atoms with Crippen LogP contribution in [0.5, 0.6) is 5.75 Å². The number of nitrogens with one attached hydrogen (secondary N) is 2. The number of rotatable bonds is 10. The zero-order chi connectivity index (χ0) is 24.7. The minimum absolute atomic E-state index is 0.0983. The van der Waals surface area contributed by atoms with E-state index in [2.05, 4.69) is 15.8 Å². The van der Waals surface area contributed by atoms with Crippen LogP contribution in [0.1, 0.15) is 24.5 Å². The average Bonchev–Trinajstić information content (AvgIpc) is 3.49. The van der Waals surface area contributed by atoms with E-state index in [0.29, 0.717) is 22.8 Å². The van der Waals surface area contributed by atoms with E-state index in [1.807, 2.05) is 31.4 Å². The van der Waals surface area contributed by atoms with Gasteiger partial charge >= 0.3 is 0 Å². The number of nitrogens with zero attached hydrogens (tertiary/aromatic N) is 2. The SMILES string of the molecule is COc1cc([N+](=O)[O-])ccc1-c1ccc(/C=N/NC(=O)[C@H](NC(=O)Cc2cccs2)C(C)C)o1. The lowest BCUT2D eigenvalue weighted by Crippen LogP contribution is -2.49. The highest BCUT2D eigenvalue weighted by atomic mass is 32.1. The molecule has 34 heavy (non-hydrogen) atoms. The van der Waals surface area contributed by atoms with E-state index in [-0.39, 0.29) is 23.9 Å². The summed E-state index contributed by atoms with van der Waals surface area (Å²) in [6, 6.07) is 10.5. The van der Waals surface area contributed by atoms with Crippen molar-refractivity contribution < 1.29 is 23.7 Å². The van der Waals surface area contributed by atoms with Crippen molar-refractivity contribution in [2.75, 3.05) is 7.11 Å². The first-order valence-electron chi connectivity index (χ1n) is 10.4. The number of non-ortho nitro benzene ring substituents is 1. The largest absolute Gasteiger partial charge is 0.496 e. The lowest BCUT2D eigenvalue weighted by Gasteiger charge is -2.20. The van der Waals surface area contributed by atoms with Gasteiger partial charge in [-0.3, -0.25) is 19.7 Å². The Kier molecular flexibility index (Phi) is 8.14. The van der Waals surface area contributed by atoms with Gasteiger partial charge in [0.15, 0.2) is 0 Å².